The summed E-state index contributed by atoms with van der Waals surface area (Å²) < 4.78 is 1.79. The van der Waals surface area contributed by atoms with Gasteiger partial charge in [-0.05, 0) is 47.0 Å². The van der Waals surface area contributed by atoms with Crippen LogP contribution in [-0.2, 0) is 6.42 Å². The average molecular weight is 418 g/mol. The van der Waals surface area contributed by atoms with Crippen molar-refractivity contribution in [2.45, 2.75) is 26.2 Å². The quantitative estimate of drug-likeness (QED) is 0.366. The average Bonchev–Trinajstić information content (AvgIpc) is 2.99. The maximum Gasteiger partial charge on any atom is 0.312 e. The van der Waals surface area contributed by atoms with Crippen molar-refractivity contribution in [1.82, 2.24) is 9.38 Å². The van der Waals surface area contributed by atoms with Gasteiger partial charge in [0, 0.05) is 17.8 Å². The van der Waals surface area contributed by atoms with Crippen molar-refractivity contribution < 1.29 is 14.8 Å². The third-order valence-corrected chi connectivity index (χ3v) is 4.69. The number of halogens is 1. The monoisotopic (exact) mass is 417 g/mol. The number of nitrogens with zero attached hydrogens (tertiary/aromatic N) is 3. The van der Waals surface area contributed by atoms with E-state index in [0.717, 1.165) is 18.9 Å². The van der Waals surface area contributed by atoms with Gasteiger partial charge < -0.3 is 5.11 Å². The molecule has 0 unspecified atom stereocenters. The van der Waals surface area contributed by atoms with Gasteiger partial charge in [-0.3, -0.25) is 19.3 Å². The fourth-order valence-corrected chi connectivity index (χ4v) is 3.24. The van der Waals surface area contributed by atoms with E-state index in [-0.39, 0.29) is 15.8 Å². The molecular formula is C18H16BrN3O4. The fourth-order valence-electron chi connectivity index (χ4n) is 2.80. The van der Waals surface area contributed by atoms with Gasteiger partial charge in [-0.1, -0.05) is 19.4 Å². The van der Waals surface area contributed by atoms with Crippen molar-refractivity contribution in [3.8, 4) is 5.75 Å². The standard InChI is InChI=1S/C18H16BrN3O4/c1-2-3-6-13-16(21-8-5-4-7-15(21)20-13)17(23)11-9-12(19)18(24)14(10-11)22(25)26/h4-5,7-10,24H,2-3,6H2,1H3. The Bertz CT molecular complexity index is 1010. The first-order chi connectivity index (χ1) is 12.4. The highest BCUT2D eigenvalue weighted by atomic mass is 79.9. The van der Waals surface area contributed by atoms with E-state index in [1.54, 1.807) is 22.7 Å². The maximum atomic E-state index is 13.2. The summed E-state index contributed by atoms with van der Waals surface area (Å²) >= 11 is 3.08. The van der Waals surface area contributed by atoms with E-state index in [1.807, 2.05) is 6.07 Å². The molecule has 0 amide bonds. The summed E-state index contributed by atoms with van der Waals surface area (Å²) in [7, 11) is 0. The Morgan fingerprint density at radius 2 is 2.15 bits per heavy atom. The van der Waals surface area contributed by atoms with E-state index in [2.05, 4.69) is 27.8 Å². The molecule has 0 saturated heterocycles. The summed E-state index contributed by atoms with van der Waals surface area (Å²) in [6, 6.07) is 7.92. The molecule has 1 N–H and O–H groups in total. The molecule has 0 saturated carbocycles. The number of aromatic nitrogens is 2. The van der Waals surface area contributed by atoms with Crippen LogP contribution < -0.4 is 0 Å². The van der Waals surface area contributed by atoms with Crippen LogP contribution in [0.3, 0.4) is 0 Å². The van der Waals surface area contributed by atoms with Crippen molar-refractivity contribution in [2.75, 3.05) is 0 Å². The molecule has 3 rings (SSSR count). The van der Waals surface area contributed by atoms with Crippen LogP contribution in [0, 0.1) is 10.1 Å². The van der Waals surface area contributed by atoms with Crippen molar-refractivity contribution in [1.29, 1.82) is 0 Å². The third kappa shape index (κ3) is 3.20. The minimum atomic E-state index is -0.719. The predicted octanol–water partition coefficient (Wildman–Crippen LogP) is 4.28. The van der Waals surface area contributed by atoms with Crippen LogP contribution in [0.25, 0.3) is 5.65 Å². The van der Waals surface area contributed by atoms with Crippen molar-refractivity contribution in [3.05, 3.63) is 68.1 Å². The summed E-state index contributed by atoms with van der Waals surface area (Å²) in [5.74, 6) is -0.880. The van der Waals surface area contributed by atoms with Crippen LogP contribution in [0.15, 0.2) is 41.0 Å². The summed E-state index contributed by atoms with van der Waals surface area (Å²) in [5, 5.41) is 21.0. The van der Waals surface area contributed by atoms with E-state index in [1.165, 1.54) is 6.07 Å². The molecule has 0 aliphatic heterocycles. The van der Waals surface area contributed by atoms with E-state index in [9.17, 15) is 20.0 Å². The maximum absolute atomic E-state index is 13.2. The smallest absolute Gasteiger partial charge is 0.312 e. The summed E-state index contributed by atoms with van der Waals surface area (Å²) in [6.45, 7) is 2.05. The molecule has 0 fully saturated rings. The molecule has 3 aromatic rings. The molecule has 0 spiro atoms. The van der Waals surface area contributed by atoms with Crippen molar-refractivity contribution in [3.63, 3.8) is 0 Å². The molecule has 2 heterocycles. The van der Waals surface area contributed by atoms with Gasteiger partial charge in [-0.15, -0.1) is 0 Å². The third-order valence-electron chi connectivity index (χ3n) is 4.09. The van der Waals surface area contributed by atoms with Gasteiger partial charge in [-0.2, -0.15) is 0 Å². The van der Waals surface area contributed by atoms with Crippen LogP contribution in [0.4, 0.5) is 5.69 Å². The van der Waals surface area contributed by atoms with E-state index in [4.69, 9.17) is 0 Å². The molecule has 0 atom stereocenters. The Labute approximate surface area is 157 Å². The lowest BCUT2D eigenvalue weighted by molar-refractivity contribution is -0.386. The highest BCUT2D eigenvalue weighted by Crippen LogP contribution is 2.36. The SMILES string of the molecule is CCCCc1nc2ccccn2c1C(=O)c1cc(Br)c(O)c([N+](=O)[O-])c1. The first kappa shape index (κ1) is 18.1. The highest BCUT2D eigenvalue weighted by molar-refractivity contribution is 9.10. The van der Waals surface area contributed by atoms with Gasteiger partial charge in [0.2, 0.25) is 11.5 Å². The Hall–Kier alpha value is -2.74. The topological polar surface area (TPSA) is 97.7 Å². The van der Waals surface area contributed by atoms with Gasteiger partial charge in [0.1, 0.15) is 11.3 Å². The fraction of sp³-hybridized carbons (Fsp3) is 0.222. The summed E-state index contributed by atoms with van der Waals surface area (Å²) in [6.07, 6.45) is 4.22. The van der Waals surface area contributed by atoms with E-state index in [0.29, 0.717) is 23.5 Å². The number of nitro groups is 1. The van der Waals surface area contributed by atoms with Gasteiger partial charge in [-0.25, -0.2) is 4.98 Å². The first-order valence-electron chi connectivity index (χ1n) is 8.11. The molecule has 0 aliphatic rings. The zero-order chi connectivity index (χ0) is 18.8. The second-order valence-corrected chi connectivity index (χ2v) is 6.71. The molecule has 1 aromatic carbocycles. The highest BCUT2D eigenvalue weighted by Gasteiger charge is 2.25. The predicted molar refractivity (Wildman–Crippen MR) is 99.7 cm³/mol. The van der Waals surface area contributed by atoms with Gasteiger partial charge in [0.15, 0.2) is 0 Å². The second-order valence-electron chi connectivity index (χ2n) is 5.85. The van der Waals surface area contributed by atoms with E-state index < -0.39 is 16.4 Å². The number of ketones is 1. The molecule has 8 heteroatoms. The number of hydrogen-bond donors (Lipinski definition) is 1. The van der Waals surface area contributed by atoms with Gasteiger partial charge >= 0.3 is 5.69 Å². The number of carbonyl (C=O) groups excluding carboxylic acids is 1. The number of phenols is 1. The molecule has 0 bridgehead atoms. The number of pyridine rings is 1. The van der Waals surface area contributed by atoms with E-state index >= 15 is 0 Å². The number of benzene rings is 1. The lowest BCUT2D eigenvalue weighted by atomic mass is 10.0. The largest absolute Gasteiger partial charge is 0.501 e. The number of imidazole rings is 1. The van der Waals surface area contributed by atoms with Gasteiger partial charge in [0.25, 0.3) is 0 Å². The zero-order valence-electron chi connectivity index (χ0n) is 14.0. The number of aryl methyl sites for hydroxylation is 1. The Kier molecular flexibility index (Phi) is 5.03. The Balaban J connectivity index is 2.17. The molecule has 0 radical (unpaired) electrons. The molecule has 2 aromatic heterocycles. The van der Waals surface area contributed by atoms with Crippen LogP contribution in [0.1, 0.15) is 41.5 Å². The van der Waals surface area contributed by atoms with Crippen LogP contribution in [-0.4, -0.2) is 25.2 Å². The second kappa shape index (κ2) is 7.25. The number of aromatic hydroxyl groups is 1. The number of hydrogen-bond acceptors (Lipinski definition) is 5. The number of fused-ring (bicyclic) bond motifs is 1. The number of phenolic OH excluding ortho intramolecular Hbond substituents is 1. The number of rotatable bonds is 6. The Morgan fingerprint density at radius 3 is 2.85 bits per heavy atom. The van der Waals surface area contributed by atoms with Crippen LogP contribution in [0.5, 0.6) is 5.75 Å². The molecule has 0 aliphatic carbocycles. The van der Waals surface area contributed by atoms with Crippen LogP contribution in [0.2, 0.25) is 0 Å². The molecule has 7 nitrogen and oxygen atoms in total. The minimum Gasteiger partial charge on any atom is -0.501 e. The number of nitro benzene ring substituents is 1. The lowest BCUT2D eigenvalue weighted by Gasteiger charge is -2.06. The number of unbranched alkanes of at least 4 members (excludes halogenated alkanes) is 1. The number of carbonyl (C=O) groups is 1. The first-order valence-corrected chi connectivity index (χ1v) is 8.91. The minimum absolute atomic E-state index is 0.0963. The zero-order valence-corrected chi connectivity index (χ0v) is 15.6. The molecule has 134 valence electrons. The van der Waals surface area contributed by atoms with Crippen LogP contribution >= 0.6 is 15.9 Å². The summed E-state index contributed by atoms with van der Waals surface area (Å²) in [5.41, 5.74) is 1.29. The Morgan fingerprint density at radius 1 is 1.38 bits per heavy atom. The normalized spacial score (nSPS) is 11.0. The van der Waals surface area contributed by atoms with Crippen molar-refractivity contribution >= 4 is 33.0 Å². The molecule has 26 heavy (non-hydrogen) atoms. The summed E-state index contributed by atoms with van der Waals surface area (Å²) in [4.78, 5) is 28.1. The lowest BCUT2D eigenvalue weighted by Crippen LogP contribution is -2.09. The van der Waals surface area contributed by atoms with Gasteiger partial charge in [0.05, 0.1) is 15.1 Å². The molecular weight excluding hydrogens is 402 g/mol. The van der Waals surface area contributed by atoms with Crippen molar-refractivity contribution in [2.24, 2.45) is 0 Å².